The van der Waals surface area contributed by atoms with E-state index in [-0.39, 0.29) is 0 Å². The van der Waals surface area contributed by atoms with Gasteiger partial charge in [-0.05, 0) is 67.5 Å². The predicted molar refractivity (Wildman–Crippen MR) is 128 cm³/mol. The van der Waals surface area contributed by atoms with E-state index in [9.17, 15) is 0 Å². The fourth-order valence-electron chi connectivity index (χ4n) is 4.85. The smallest absolute Gasteiger partial charge is 0.119 e. The molecule has 1 aromatic heterocycles. The molecule has 0 radical (unpaired) electrons. The molecule has 3 rings (SSSR count). The summed E-state index contributed by atoms with van der Waals surface area (Å²) in [7, 11) is 0. The molecule has 0 amide bonds. The molecule has 1 aromatic carbocycles. The summed E-state index contributed by atoms with van der Waals surface area (Å²) in [5, 5.41) is 0. The Kier molecular flexibility index (Phi) is 9.73. The van der Waals surface area contributed by atoms with Crippen LogP contribution in [0.5, 0.6) is 5.75 Å². The van der Waals surface area contributed by atoms with Crippen molar-refractivity contribution in [2.24, 2.45) is 11.8 Å². The molecule has 1 aliphatic carbocycles. The van der Waals surface area contributed by atoms with Crippen LogP contribution >= 0.6 is 0 Å². The quantitative estimate of drug-likeness (QED) is 0.330. The molecule has 0 aliphatic heterocycles. The van der Waals surface area contributed by atoms with Gasteiger partial charge in [-0.25, -0.2) is 0 Å². The Morgan fingerprint density at radius 1 is 0.800 bits per heavy atom. The summed E-state index contributed by atoms with van der Waals surface area (Å²) in [5.74, 6) is 2.86. The lowest BCUT2D eigenvalue weighted by Gasteiger charge is -2.28. The third kappa shape index (κ3) is 7.45. The van der Waals surface area contributed by atoms with E-state index in [0.717, 1.165) is 28.8 Å². The monoisotopic (exact) mass is 407 g/mol. The van der Waals surface area contributed by atoms with Crippen molar-refractivity contribution in [3.63, 3.8) is 0 Å². The summed E-state index contributed by atoms with van der Waals surface area (Å²) in [6, 6.07) is 12.7. The Hall–Kier alpha value is -1.83. The maximum absolute atomic E-state index is 5.52. The number of benzene rings is 1. The van der Waals surface area contributed by atoms with E-state index < -0.39 is 0 Å². The highest BCUT2D eigenvalue weighted by atomic mass is 16.5. The Bertz CT molecular complexity index is 698. The van der Waals surface area contributed by atoms with Crippen molar-refractivity contribution in [3.8, 4) is 17.0 Å². The Labute approximate surface area is 184 Å². The van der Waals surface area contributed by atoms with Gasteiger partial charge in [0.2, 0.25) is 0 Å². The number of nitrogens with zero attached hydrogens (tertiary/aromatic N) is 1. The molecular formula is C28H41NO. The van der Waals surface area contributed by atoms with E-state index in [1.165, 1.54) is 82.6 Å². The molecule has 30 heavy (non-hydrogen) atoms. The van der Waals surface area contributed by atoms with Crippen LogP contribution in [0.4, 0.5) is 0 Å². The van der Waals surface area contributed by atoms with Crippen molar-refractivity contribution in [1.29, 1.82) is 0 Å². The molecule has 0 bridgehead atoms. The SMILES string of the molecule is CCCCCCCC1CCC(CCc2ccc(-c3ccc(OCC)cc3)nc2)CC1. The lowest BCUT2D eigenvalue weighted by Crippen LogP contribution is -2.15. The van der Waals surface area contributed by atoms with Gasteiger partial charge < -0.3 is 4.74 Å². The highest BCUT2D eigenvalue weighted by Crippen LogP contribution is 2.34. The summed E-state index contributed by atoms with van der Waals surface area (Å²) in [5.41, 5.74) is 3.57. The van der Waals surface area contributed by atoms with E-state index in [2.05, 4.69) is 37.4 Å². The summed E-state index contributed by atoms with van der Waals surface area (Å²) < 4.78 is 5.52. The van der Waals surface area contributed by atoms with E-state index in [0.29, 0.717) is 6.61 Å². The fourth-order valence-corrected chi connectivity index (χ4v) is 4.85. The molecule has 1 aliphatic rings. The van der Waals surface area contributed by atoms with Crippen molar-refractivity contribution in [3.05, 3.63) is 48.2 Å². The lowest BCUT2D eigenvalue weighted by atomic mass is 9.78. The third-order valence-corrected chi connectivity index (χ3v) is 6.81. The highest BCUT2D eigenvalue weighted by Gasteiger charge is 2.20. The molecular weight excluding hydrogens is 366 g/mol. The first-order valence-electron chi connectivity index (χ1n) is 12.5. The van der Waals surface area contributed by atoms with Crippen molar-refractivity contribution in [1.82, 2.24) is 4.98 Å². The van der Waals surface area contributed by atoms with Gasteiger partial charge in [0.15, 0.2) is 0 Å². The summed E-state index contributed by atoms with van der Waals surface area (Å²) >= 11 is 0. The van der Waals surface area contributed by atoms with Crippen LogP contribution in [-0.2, 0) is 6.42 Å². The van der Waals surface area contributed by atoms with Gasteiger partial charge in [0.1, 0.15) is 5.75 Å². The number of aryl methyl sites for hydroxylation is 1. The second kappa shape index (κ2) is 12.8. The highest BCUT2D eigenvalue weighted by molar-refractivity contribution is 5.60. The number of hydrogen-bond donors (Lipinski definition) is 0. The average molecular weight is 408 g/mol. The average Bonchev–Trinajstić information content (AvgIpc) is 2.79. The molecule has 164 valence electrons. The Morgan fingerprint density at radius 3 is 2.13 bits per heavy atom. The number of ether oxygens (including phenoxy) is 1. The van der Waals surface area contributed by atoms with Crippen molar-refractivity contribution in [2.75, 3.05) is 6.61 Å². The molecule has 1 saturated carbocycles. The summed E-state index contributed by atoms with van der Waals surface area (Å²) in [4.78, 5) is 4.71. The molecule has 0 saturated heterocycles. The molecule has 0 spiro atoms. The second-order valence-corrected chi connectivity index (χ2v) is 9.14. The zero-order valence-electron chi connectivity index (χ0n) is 19.2. The van der Waals surface area contributed by atoms with Crippen LogP contribution in [0.2, 0.25) is 0 Å². The third-order valence-electron chi connectivity index (χ3n) is 6.81. The number of rotatable bonds is 12. The van der Waals surface area contributed by atoms with Gasteiger partial charge in [0, 0.05) is 11.8 Å². The van der Waals surface area contributed by atoms with Gasteiger partial charge in [-0.15, -0.1) is 0 Å². The maximum Gasteiger partial charge on any atom is 0.119 e. The van der Waals surface area contributed by atoms with Crippen LogP contribution in [0, 0.1) is 11.8 Å². The first-order valence-corrected chi connectivity index (χ1v) is 12.5. The molecule has 1 heterocycles. The van der Waals surface area contributed by atoms with E-state index in [4.69, 9.17) is 9.72 Å². The van der Waals surface area contributed by atoms with Crippen LogP contribution < -0.4 is 4.74 Å². The molecule has 2 heteroatoms. The van der Waals surface area contributed by atoms with Crippen LogP contribution in [-0.4, -0.2) is 11.6 Å². The number of hydrogen-bond acceptors (Lipinski definition) is 2. The van der Waals surface area contributed by atoms with E-state index in [1.54, 1.807) is 0 Å². The first-order chi connectivity index (χ1) is 14.8. The molecule has 2 aromatic rings. The second-order valence-electron chi connectivity index (χ2n) is 9.14. The van der Waals surface area contributed by atoms with Crippen molar-refractivity contribution < 1.29 is 4.74 Å². The van der Waals surface area contributed by atoms with Gasteiger partial charge in [-0.2, -0.15) is 0 Å². The van der Waals surface area contributed by atoms with Gasteiger partial charge >= 0.3 is 0 Å². The Morgan fingerprint density at radius 2 is 1.50 bits per heavy atom. The lowest BCUT2D eigenvalue weighted by molar-refractivity contribution is 0.248. The minimum absolute atomic E-state index is 0.701. The number of aromatic nitrogens is 1. The molecule has 1 fully saturated rings. The van der Waals surface area contributed by atoms with Crippen LogP contribution in [0.25, 0.3) is 11.3 Å². The fraction of sp³-hybridized carbons (Fsp3) is 0.607. The van der Waals surface area contributed by atoms with E-state index in [1.807, 2.05) is 19.1 Å². The van der Waals surface area contributed by atoms with Crippen LogP contribution in [0.1, 0.15) is 90.0 Å². The molecule has 0 N–H and O–H groups in total. The minimum Gasteiger partial charge on any atom is -0.494 e. The van der Waals surface area contributed by atoms with Gasteiger partial charge in [0.25, 0.3) is 0 Å². The molecule has 0 unspecified atom stereocenters. The largest absolute Gasteiger partial charge is 0.494 e. The maximum atomic E-state index is 5.52. The Balaban J connectivity index is 1.36. The van der Waals surface area contributed by atoms with Gasteiger partial charge in [0.05, 0.1) is 12.3 Å². The van der Waals surface area contributed by atoms with E-state index >= 15 is 0 Å². The standard InChI is InChI=1S/C28H41NO/c1-3-5-6-7-8-9-23-10-12-24(13-11-23)14-15-25-16-21-28(29-22-25)26-17-19-27(20-18-26)30-4-2/h16-24H,3-15H2,1-2H3. The molecule has 2 nitrogen and oxygen atoms in total. The summed E-state index contributed by atoms with van der Waals surface area (Å²) in [6.07, 6.45) is 19.0. The minimum atomic E-state index is 0.701. The predicted octanol–water partition coefficient (Wildman–Crippen LogP) is 8.25. The van der Waals surface area contributed by atoms with Crippen molar-refractivity contribution in [2.45, 2.75) is 90.9 Å². The number of pyridine rings is 1. The zero-order valence-corrected chi connectivity index (χ0v) is 19.2. The van der Waals surface area contributed by atoms with Crippen LogP contribution in [0.15, 0.2) is 42.6 Å². The normalized spacial score (nSPS) is 19.0. The van der Waals surface area contributed by atoms with Crippen molar-refractivity contribution >= 4 is 0 Å². The zero-order chi connectivity index (χ0) is 21.0. The first kappa shape index (κ1) is 22.8. The molecule has 0 atom stereocenters. The van der Waals surface area contributed by atoms with Gasteiger partial charge in [-0.3, -0.25) is 4.98 Å². The topological polar surface area (TPSA) is 22.1 Å². The number of unbranched alkanes of at least 4 members (excludes halogenated alkanes) is 4. The van der Waals surface area contributed by atoms with Crippen LogP contribution in [0.3, 0.4) is 0 Å². The van der Waals surface area contributed by atoms with Gasteiger partial charge in [-0.1, -0.05) is 77.2 Å². The summed E-state index contributed by atoms with van der Waals surface area (Å²) in [6.45, 7) is 5.01.